The molecular formula is C55H34N4O. The highest BCUT2D eigenvalue weighted by Crippen LogP contribution is 2.43. The maximum absolute atomic E-state index is 6.74. The van der Waals surface area contributed by atoms with Crippen molar-refractivity contribution in [2.24, 2.45) is 0 Å². The van der Waals surface area contributed by atoms with E-state index in [0.29, 0.717) is 17.5 Å². The molecule has 0 radical (unpaired) electrons. The predicted molar refractivity (Wildman–Crippen MR) is 246 cm³/mol. The number of hydrogen-bond acceptors (Lipinski definition) is 4. The Morgan fingerprint density at radius 3 is 1.63 bits per heavy atom. The number of benzene rings is 9. The van der Waals surface area contributed by atoms with Gasteiger partial charge < -0.3 is 8.98 Å². The van der Waals surface area contributed by atoms with Crippen LogP contribution in [0.2, 0.25) is 0 Å². The van der Waals surface area contributed by atoms with Crippen LogP contribution >= 0.6 is 0 Å². The van der Waals surface area contributed by atoms with Crippen molar-refractivity contribution in [2.75, 3.05) is 0 Å². The number of furan rings is 1. The van der Waals surface area contributed by atoms with Gasteiger partial charge in [0.15, 0.2) is 17.5 Å². The molecule has 0 fully saturated rings. The zero-order chi connectivity index (χ0) is 39.6. The largest absolute Gasteiger partial charge is 0.456 e. The van der Waals surface area contributed by atoms with Gasteiger partial charge in [0.25, 0.3) is 0 Å². The Bertz CT molecular complexity index is 3570. The molecule has 0 aliphatic rings. The molecule has 3 heterocycles. The number of hydrogen-bond donors (Lipinski definition) is 0. The minimum absolute atomic E-state index is 0.589. The molecule has 12 rings (SSSR count). The third-order valence-electron chi connectivity index (χ3n) is 11.7. The molecule has 0 saturated carbocycles. The molecule has 0 spiro atoms. The second kappa shape index (κ2) is 13.8. The number of fused-ring (bicyclic) bond motifs is 8. The summed E-state index contributed by atoms with van der Waals surface area (Å²) in [6.45, 7) is 0. The van der Waals surface area contributed by atoms with E-state index in [9.17, 15) is 0 Å². The Morgan fingerprint density at radius 2 is 0.900 bits per heavy atom. The Balaban J connectivity index is 1.04. The maximum Gasteiger partial charge on any atom is 0.164 e. The first kappa shape index (κ1) is 33.9. The minimum Gasteiger partial charge on any atom is -0.456 e. The summed E-state index contributed by atoms with van der Waals surface area (Å²) in [5.74, 6) is 1.81. The summed E-state index contributed by atoms with van der Waals surface area (Å²) in [6.07, 6.45) is 0. The molecule has 0 unspecified atom stereocenters. The highest BCUT2D eigenvalue weighted by atomic mass is 16.3. The Labute approximate surface area is 345 Å². The lowest BCUT2D eigenvalue weighted by atomic mass is 9.95. The van der Waals surface area contributed by atoms with Gasteiger partial charge in [0.1, 0.15) is 11.2 Å². The van der Waals surface area contributed by atoms with Crippen molar-refractivity contribution in [1.82, 2.24) is 19.5 Å². The summed E-state index contributed by atoms with van der Waals surface area (Å²) < 4.78 is 9.13. The van der Waals surface area contributed by atoms with Crippen LogP contribution in [0, 0.1) is 0 Å². The molecule has 3 aromatic heterocycles. The van der Waals surface area contributed by atoms with Gasteiger partial charge in [-0.2, -0.15) is 0 Å². The highest BCUT2D eigenvalue weighted by Gasteiger charge is 2.21. The van der Waals surface area contributed by atoms with Crippen LogP contribution in [0.1, 0.15) is 0 Å². The lowest BCUT2D eigenvalue weighted by Crippen LogP contribution is -2.00. The van der Waals surface area contributed by atoms with Gasteiger partial charge in [0.2, 0.25) is 0 Å². The smallest absolute Gasteiger partial charge is 0.164 e. The zero-order valence-corrected chi connectivity index (χ0v) is 32.3. The highest BCUT2D eigenvalue weighted by molar-refractivity contribution is 6.22. The standard InChI is InChI=1S/C55H34N4O/c1-4-15-35(16-5-1)36-27-29-39(30-28-36)54-56-53(38-19-8-3-9-20-38)57-55(58-54)45-24-14-26-49-51(45)44-32-31-40(33-50(44)60-49)59-48-25-13-12-22-42(48)47-34-46(37-17-6-2-7-18-37)41-21-10-11-23-43(41)52(47)59/h1-34H. The lowest BCUT2D eigenvalue weighted by Gasteiger charge is -2.13. The lowest BCUT2D eigenvalue weighted by molar-refractivity contribution is 0.668. The summed E-state index contributed by atoms with van der Waals surface area (Å²) in [5, 5.41) is 6.80. The van der Waals surface area contributed by atoms with Crippen molar-refractivity contribution >= 4 is 54.5 Å². The molecule has 5 nitrogen and oxygen atoms in total. The molecule has 12 aromatic rings. The second-order valence-electron chi connectivity index (χ2n) is 15.2. The second-order valence-corrected chi connectivity index (χ2v) is 15.2. The van der Waals surface area contributed by atoms with E-state index in [4.69, 9.17) is 19.4 Å². The number of rotatable bonds is 6. The van der Waals surface area contributed by atoms with Crippen LogP contribution in [0.5, 0.6) is 0 Å². The van der Waals surface area contributed by atoms with Crippen LogP contribution in [0.15, 0.2) is 211 Å². The summed E-state index contributed by atoms with van der Waals surface area (Å²) in [6, 6.07) is 72.1. The number of aromatic nitrogens is 4. The average molecular weight is 767 g/mol. The van der Waals surface area contributed by atoms with Crippen LogP contribution in [0.25, 0.3) is 117 Å². The van der Waals surface area contributed by atoms with E-state index < -0.39 is 0 Å². The van der Waals surface area contributed by atoms with E-state index in [1.807, 2.05) is 48.5 Å². The Kier molecular flexibility index (Phi) is 7.78. The van der Waals surface area contributed by atoms with Crippen molar-refractivity contribution in [3.05, 3.63) is 206 Å². The van der Waals surface area contributed by atoms with E-state index in [1.165, 1.54) is 38.2 Å². The van der Waals surface area contributed by atoms with Crippen molar-refractivity contribution < 1.29 is 4.42 Å². The fourth-order valence-electron chi connectivity index (χ4n) is 8.87. The molecule has 0 amide bonds. The molecule has 0 N–H and O–H groups in total. The van der Waals surface area contributed by atoms with Crippen molar-refractivity contribution in [3.63, 3.8) is 0 Å². The molecule has 5 heteroatoms. The van der Waals surface area contributed by atoms with Crippen molar-refractivity contribution in [1.29, 1.82) is 0 Å². The third kappa shape index (κ3) is 5.52. The van der Waals surface area contributed by atoms with E-state index in [1.54, 1.807) is 0 Å². The van der Waals surface area contributed by atoms with Crippen LogP contribution < -0.4 is 0 Å². The zero-order valence-electron chi connectivity index (χ0n) is 32.3. The molecule has 0 atom stereocenters. The van der Waals surface area contributed by atoms with Gasteiger partial charge in [-0.1, -0.05) is 170 Å². The fraction of sp³-hybridized carbons (Fsp3) is 0. The quantitative estimate of drug-likeness (QED) is 0.169. The molecule has 60 heavy (non-hydrogen) atoms. The molecule has 0 saturated heterocycles. The van der Waals surface area contributed by atoms with Crippen molar-refractivity contribution in [3.8, 4) is 62.1 Å². The Morgan fingerprint density at radius 1 is 0.333 bits per heavy atom. The molecule has 9 aromatic carbocycles. The van der Waals surface area contributed by atoms with Gasteiger partial charge >= 0.3 is 0 Å². The average Bonchev–Trinajstić information content (AvgIpc) is 3.88. The van der Waals surface area contributed by atoms with Gasteiger partial charge in [-0.05, 0) is 58.0 Å². The predicted octanol–water partition coefficient (Wildman–Crippen LogP) is 14.4. The third-order valence-corrected chi connectivity index (χ3v) is 11.7. The first-order valence-corrected chi connectivity index (χ1v) is 20.2. The molecule has 280 valence electrons. The van der Waals surface area contributed by atoms with Crippen LogP contribution in [0.4, 0.5) is 0 Å². The van der Waals surface area contributed by atoms with Gasteiger partial charge in [-0.15, -0.1) is 0 Å². The van der Waals surface area contributed by atoms with E-state index in [2.05, 4.69) is 162 Å². The monoisotopic (exact) mass is 766 g/mol. The first-order chi connectivity index (χ1) is 29.7. The minimum atomic E-state index is 0.589. The van der Waals surface area contributed by atoms with E-state index in [0.717, 1.165) is 61.0 Å². The first-order valence-electron chi connectivity index (χ1n) is 20.2. The summed E-state index contributed by atoms with van der Waals surface area (Å²) in [5.41, 5.74) is 12.4. The van der Waals surface area contributed by atoms with E-state index >= 15 is 0 Å². The van der Waals surface area contributed by atoms with Gasteiger partial charge in [0.05, 0.1) is 11.0 Å². The van der Waals surface area contributed by atoms with Crippen LogP contribution in [-0.4, -0.2) is 19.5 Å². The van der Waals surface area contributed by atoms with Gasteiger partial charge in [-0.3, -0.25) is 0 Å². The van der Waals surface area contributed by atoms with Gasteiger partial charge in [-0.25, -0.2) is 15.0 Å². The normalized spacial score (nSPS) is 11.7. The topological polar surface area (TPSA) is 56.7 Å². The fourth-order valence-corrected chi connectivity index (χ4v) is 8.87. The van der Waals surface area contributed by atoms with Crippen molar-refractivity contribution in [2.45, 2.75) is 0 Å². The van der Waals surface area contributed by atoms with Crippen LogP contribution in [0.3, 0.4) is 0 Å². The van der Waals surface area contributed by atoms with Crippen LogP contribution in [-0.2, 0) is 0 Å². The molecule has 0 aliphatic carbocycles. The molecular weight excluding hydrogens is 733 g/mol. The summed E-state index contributed by atoms with van der Waals surface area (Å²) in [7, 11) is 0. The maximum atomic E-state index is 6.74. The number of para-hydroxylation sites is 1. The SMILES string of the molecule is c1ccc(-c2ccc(-c3nc(-c4ccccc4)nc(-c4cccc5oc6cc(-n7c8ccccc8c8cc(-c9ccccc9)c9ccccc9c87)ccc6c45)n3)cc2)cc1. The summed E-state index contributed by atoms with van der Waals surface area (Å²) >= 11 is 0. The molecule has 0 bridgehead atoms. The number of nitrogens with zero attached hydrogens (tertiary/aromatic N) is 4. The summed E-state index contributed by atoms with van der Waals surface area (Å²) in [4.78, 5) is 15.3. The van der Waals surface area contributed by atoms with Gasteiger partial charge in [0, 0.05) is 55.4 Å². The molecule has 0 aliphatic heterocycles. The Hall–Kier alpha value is -8.15. The van der Waals surface area contributed by atoms with E-state index in [-0.39, 0.29) is 0 Å².